The molecule has 1 aromatic rings. The predicted octanol–water partition coefficient (Wildman–Crippen LogP) is 1.27. The molecule has 146 valence electrons. The summed E-state index contributed by atoms with van der Waals surface area (Å²) in [6.07, 6.45) is 1.65. The third-order valence-electron chi connectivity index (χ3n) is 4.33. The van der Waals surface area contributed by atoms with E-state index in [0.717, 1.165) is 12.8 Å². The van der Waals surface area contributed by atoms with Crippen molar-refractivity contribution in [1.29, 1.82) is 0 Å². The molecule has 0 aromatic heterocycles. The lowest BCUT2D eigenvalue weighted by molar-refractivity contribution is -0.145. The van der Waals surface area contributed by atoms with Crippen molar-refractivity contribution in [2.75, 3.05) is 38.1 Å². The minimum atomic E-state index is -0.819. The van der Waals surface area contributed by atoms with Crippen molar-refractivity contribution in [3.63, 3.8) is 0 Å². The van der Waals surface area contributed by atoms with E-state index in [1.807, 2.05) is 6.92 Å². The van der Waals surface area contributed by atoms with E-state index in [-0.39, 0.29) is 17.2 Å². The number of esters is 1. The Bertz CT molecular complexity index is 711. The fraction of sp³-hybridized carbons (Fsp3) is 0.474. The Morgan fingerprint density at radius 2 is 1.67 bits per heavy atom. The quantitative estimate of drug-likeness (QED) is 0.475. The van der Waals surface area contributed by atoms with Crippen LogP contribution >= 0.6 is 0 Å². The van der Waals surface area contributed by atoms with Gasteiger partial charge in [-0.25, -0.2) is 4.79 Å². The van der Waals surface area contributed by atoms with Crippen molar-refractivity contribution in [3.05, 3.63) is 29.8 Å². The van der Waals surface area contributed by atoms with Crippen LogP contribution in [0.4, 0.5) is 5.69 Å². The summed E-state index contributed by atoms with van der Waals surface area (Å²) in [6, 6.07) is 6.42. The van der Waals surface area contributed by atoms with Crippen LogP contribution < -0.4 is 5.32 Å². The van der Waals surface area contributed by atoms with Crippen LogP contribution in [-0.4, -0.2) is 66.3 Å². The average Bonchev–Trinajstić information content (AvgIpc) is 2.68. The molecule has 8 nitrogen and oxygen atoms in total. The zero-order valence-corrected chi connectivity index (χ0v) is 15.7. The number of amides is 3. The molecule has 0 aliphatic carbocycles. The van der Waals surface area contributed by atoms with Crippen LogP contribution in [0.1, 0.15) is 37.0 Å². The fourth-order valence-corrected chi connectivity index (χ4v) is 2.70. The maximum Gasteiger partial charge on any atom is 0.340 e. The summed E-state index contributed by atoms with van der Waals surface area (Å²) in [5.41, 5.74) is 0.441. The smallest absolute Gasteiger partial charge is 0.340 e. The molecular weight excluding hydrogens is 350 g/mol. The van der Waals surface area contributed by atoms with E-state index in [4.69, 9.17) is 4.74 Å². The minimum absolute atomic E-state index is 0.0536. The zero-order chi connectivity index (χ0) is 19.8. The molecule has 2 rings (SSSR count). The Morgan fingerprint density at radius 1 is 1.04 bits per heavy atom. The molecule has 8 heteroatoms. The van der Waals surface area contributed by atoms with Crippen LogP contribution in [0.2, 0.25) is 0 Å². The van der Waals surface area contributed by atoms with E-state index < -0.39 is 17.8 Å². The van der Waals surface area contributed by atoms with E-state index >= 15 is 0 Å². The van der Waals surface area contributed by atoms with E-state index in [1.165, 1.54) is 11.8 Å². The van der Waals surface area contributed by atoms with Gasteiger partial charge in [0.25, 0.3) is 0 Å². The van der Waals surface area contributed by atoms with Gasteiger partial charge < -0.3 is 19.9 Å². The summed E-state index contributed by atoms with van der Waals surface area (Å²) in [6.45, 7) is 5.16. The van der Waals surface area contributed by atoms with Gasteiger partial charge in [0.2, 0.25) is 5.91 Å². The SMILES string of the molecule is CCCCOC(=O)c1ccccc1NC(=O)C(=O)N1CCN(C(C)=O)CC1. The van der Waals surface area contributed by atoms with Crippen LogP contribution in [0, 0.1) is 0 Å². The molecule has 1 fully saturated rings. The number of benzene rings is 1. The predicted molar refractivity (Wildman–Crippen MR) is 99.1 cm³/mol. The summed E-state index contributed by atoms with van der Waals surface area (Å²) in [5.74, 6) is -2.10. The van der Waals surface area contributed by atoms with Gasteiger partial charge in [0.15, 0.2) is 0 Å². The summed E-state index contributed by atoms with van der Waals surface area (Å²) in [7, 11) is 0. The number of carbonyl (C=O) groups excluding carboxylic acids is 4. The van der Waals surface area contributed by atoms with Crippen molar-refractivity contribution in [1.82, 2.24) is 9.80 Å². The van der Waals surface area contributed by atoms with Gasteiger partial charge in [0.1, 0.15) is 0 Å². The van der Waals surface area contributed by atoms with Crippen LogP contribution in [0.3, 0.4) is 0 Å². The van der Waals surface area contributed by atoms with E-state index in [0.29, 0.717) is 32.8 Å². The Balaban J connectivity index is 1.98. The van der Waals surface area contributed by atoms with Gasteiger partial charge in [-0.05, 0) is 18.6 Å². The number of nitrogens with zero attached hydrogens (tertiary/aromatic N) is 2. The normalized spacial score (nSPS) is 13.9. The number of unbranched alkanes of at least 4 members (excludes halogenated alkanes) is 1. The van der Waals surface area contributed by atoms with Crippen molar-refractivity contribution in [3.8, 4) is 0 Å². The molecule has 0 unspecified atom stereocenters. The van der Waals surface area contributed by atoms with Crippen LogP contribution in [0.25, 0.3) is 0 Å². The summed E-state index contributed by atoms with van der Waals surface area (Å²) in [4.78, 5) is 51.3. The monoisotopic (exact) mass is 375 g/mol. The molecule has 0 spiro atoms. The maximum atomic E-state index is 12.4. The number of hydrogen-bond donors (Lipinski definition) is 1. The topological polar surface area (TPSA) is 96.0 Å². The molecule has 0 bridgehead atoms. The third-order valence-corrected chi connectivity index (χ3v) is 4.33. The fourth-order valence-electron chi connectivity index (χ4n) is 2.70. The van der Waals surface area contributed by atoms with Crippen molar-refractivity contribution < 1.29 is 23.9 Å². The number of hydrogen-bond acceptors (Lipinski definition) is 5. The highest BCUT2D eigenvalue weighted by Gasteiger charge is 2.27. The second-order valence-corrected chi connectivity index (χ2v) is 6.29. The van der Waals surface area contributed by atoms with Crippen LogP contribution in [0.15, 0.2) is 24.3 Å². The molecule has 27 heavy (non-hydrogen) atoms. The molecule has 0 saturated carbocycles. The first-order chi connectivity index (χ1) is 12.9. The van der Waals surface area contributed by atoms with E-state index in [2.05, 4.69) is 5.32 Å². The molecular formula is C19H25N3O5. The largest absolute Gasteiger partial charge is 0.462 e. The van der Waals surface area contributed by atoms with Gasteiger partial charge in [-0.1, -0.05) is 25.5 Å². The first-order valence-electron chi connectivity index (χ1n) is 9.06. The highest BCUT2D eigenvalue weighted by atomic mass is 16.5. The Hall–Kier alpha value is -2.90. The Morgan fingerprint density at radius 3 is 2.30 bits per heavy atom. The van der Waals surface area contributed by atoms with Crippen LogP contribution in [-0.2, 0) is 19.1 Å². The van der Waals surface area contributed by atoms with Gasteiger partial charge in [0, 0.05) is 33.1 Å². The summed E-state index contributed by atoms with van der Waals surface area (Å²) in [5, 5.41) is 2.50. The lowest BCUT2D eigenvalue weighted by atomic mass is 10.1. The van der Waals surface area contributed by atoms with Gasteiger partial charge in [-0.3, -0.25) is 14.4 Å². The Labute approximate surface area is 158 Å². The molecule has 1 aliphatic heterocycles. The lowest BCUT2D eigenvalue weighted by Gasteiger charge is -2.33. The van der Waals surface area contributed by atoms with Gasteiger partial charge in [-0.2, -0.15) is 0 Å². The molecule has 1 aromatic carbocycles. The van der Waals surface area contributed by atoms with Crippen molar-refractivity contribution in [2.45, 2.75) is 26.7 Å². The molecule has 0 radical (unpaired) electrons. The third kappa shape index (κ3) is 5.54. The summed E-state index contributed by atoms with van der Waals surface area (Å²) >= 11 is 0. The average molecular weight is 375 g/mol. The number of nitrogens with one attached hydrogen (secondary N) is 1. The molecule has 1 aliphatic rings. The van der Waals surface area contributed by atoms with Crippen molar-refractivity contribution >= 4 is 29.4 Å². The van der Waals surface area contributed by atoms with E-state index in [9.17, 15) is 19.2 Å². The number of para-hydroxylation sites is 1. The first-order valence-corrected chi connectivity index (χ1v) is 9.06. The highest BCUT2D eigenvalue weighted by Crippen LogP contribution is 2.17. The highest BCUT2D eigenvalue weighted by molar-refractivity contribution is 6.39. The first kappa shape index (κ1) is 20.4. The van der Waals surface area contributed by atoms with Gasteiger partial charge in [0.05, 0.1) is 17.9 Å². The van der Waals surface area contributed by atoms with E-state index in [1.54, 1.807) is 29.2 Å². The molecule has 0 atom stereocenters. The maximum absolute atomic E-state index is 12.4. The van der Waals surface area contributed by atoms with Crippen molar-refractivity contribution in [2.24, 2.45) is 0 Å². The zero-order valence-electron chi connectivity index (χ0n) is 15.7. The summed E-state index contributed by atoms with van der Waals surface area (Å²) < 4.78 is 5.18. The minimum Gasteiger partial charge on any atom is -0.462 e. The molecule has 3 amide bonds. The number of anilines is 1. The second kappa shape index (κ2) is 9.70. The molecule has 1 saturated heterocycles. The number of piperazine rings is 1. The van der Waals surface area contributed by atoms with Gasteiger partial charge in [-0.15, -0.1) is 0 Å². The number of ether oxygens (including phenoxy) is 1. The second-order valence-electron chi connectivity index (χ2n) is 6.29. The van der Waals surface area contributed by atoms with Crippen LogP contribution in [0.5, 0.6) is 0 Å². The lowest BCUT2D eigenvalue weighted by Crippen LogP contribution is -2.52. The standard InChI is InChI=1S/C19H25N3O5/c1-3-4-13-27-19(26)15-7-5-6-8-16(15)20-17(24)18(25)22-11-9-21(10-12-22)14(2)23/h5-8H,3-4,9-13H2,1-2H3,(H,20,24). The van der Waals surface area contributed by atoms with Gasteiger partial charge >= 0.3 is 17.8 Å². The Kier molecular flexibility index (Phi) is 7.34. The molecule has 1 heterocycles. The molecule has 1 N–H and O–H groups in total. The number of rotatable bonds is 5. The number of carbonyl (C=O) groups is 4.